The number of aryl methyl sites for hydroxylation is 1. The molecule has 2 rings (SSSR count). The van der Waals surface area contributed by atoms with Gasteiger partial charge in [0.15, 0.2) is 0 Å². The Morgan fingerprint density at radius 3 is 1.76 bits per heavy atom. The monoisotopic (exact) mass is 451 g/mol. The molecule has 0 amide bonds. The number of hydrogen-bond donors (Lipinski definition) is 1. The van der Waals surface area contributed by atoms with E-state index >= 15 is 0 Å². The van der Waals surface area contributed by atoms with E-state index in [4.69, 9.17) is 0 Å². The van der Waals surface area contributed by atoms with Gasteiger partial charge in [-0.3, -0.25) is 6.08 Å². The molecule has 0 saturated heterocycles. The molecule has 0 bridgehead atoms. The fourth-order valence-electron chi connectivity index (χ4n) is 2.12. The van der Waals surface area contributed by atoms with E-state index in [0.29, 0.717) is 5.75 Å². The van der Waals surface area contributed by atoms with Crippen molar-refractivity contribution in [3.8, 4) is 5.75 Å². The summed E-state index contributed by atoms with van der Waals surface area (Å²) in [6.07, 6.45) is 8.82. The SMILES string of the molecule is C[Si](C)(C)C1=[C-]CC=C1.Cc1cc(O)cc([Si](C)(C)C)c1.Cl.Cl.[CH2]=[Ti+]. The van der Waals surface area contributed by atoms with Crippen molar-refractivity contribution in [2.24, 2.45) is 0 Å². The maximum atomic E-state index is 9.38. The van der Waals surface area contributed by atoms with E-state index in [-0.39, 0.29) is 24.8 Å². The summed E-state index contributed by atoms with van der Waals surface area (Å²) in [6.45, 7) is 15.9. The quantitative estimate of drug-likeness (QED) is 0.457. The van der Waals surface area contributed by atoms with Crippen LogP contribution in [-0.2, 0) is 20.0 Å². The predicted octanol–water partition coefficient (Wildman–Crippen LogP) is 5.61. The molecule has 1 nitrogen and oxygen atoms in total. The Labute approximate surface area is 180 Å². The first-order valence-electron chi connectivity index (χ1n) is 7.94. The molecule has 6 heteroatoms. The van der Waals surface area contributed by atoms with Crippen molar-refractivity contribution in [2.75, 3.05) is 0 Å². The molecule has 0 atom stereocenters. The van der Waals surface area contributed by atoms with Crippen molar-refractivity contribution in [3.63, 3.8) is 0 Å². The third-order valence-corrected chi connectivity index (χ3v) is 7.41. The minimum atomic E-state index is -1.26. The van der Waals surface area contributed by atoms with Crippen LogP contribution in [0.15, 0.2) is 35.5 Å². The zero-order valence-corrected chi connectivity index (χ0v) is 21.8. The zero-order chi connectivity index (χ0) is 18.3. The number of aromatic hydroxyl groups is 1. The summed E-state index contributed by atoms with van der Waals surface area (Å²) in [4.78, 5) is 3.25. The normalized spacial score (nSPS) is 12.4. The van der Waals surface area contributed by atoms with Crippen molar-refractivity contribution in [3.05, 3.63) is 47.2 Å². The summed E-state index contributed by atoms with van der Waals surface area (Å²) in [5.41, 5.74) is 1.15. The Hall–Kier alpha value is 0.0981. The topological polar surface area (TPSA) is 20.2 Å². The Kier molecular flexibility index (Phi) is 15.9. The van der Waals surface area contributed by atoms with Crippen LogP contribution < -0.4 is 5.19 Å². The van der Waals surface area contributed by atoms with Crippen LogP contribution in [0.25, 0.3) is 0 Å². The molecule has 0 aromatic heterocycles. The average molecular weight is 452 g/mol. The van der Waals surface area contributed by atoms with Crippen molar-refractivity contribution in [1.82, 2.24) is 0 Å². The van der Waals surface area contributed by atoms with E-state index in [2.05, 4.69) is 68.4 Å². The Bertz CT molecular complexity index is 554. The van der Waals surface area contributed by atoms with Crippen molar-refractivity contribution in [2.45, 2.75) is 52.6 Å². The van der Waals surface area contributed by atoms with Crippen LogP contribution in [-0.4, -0.2) is 26.1 Å². The van der Waals surface area contributed by atoms with E-state index in [1.807, 2.05) is 13.0 Å². The minimum absolute atomic E-state index is 0. The van der Waals surface area contributed by atoms with Gasteiger partial charge in [0.25, 0.3) is 0 Å². The molecule has 0 unspecified atom stereocenters. The number of halogens is 2. The predicted molar refractivity (Wildman–Crippen MR) is 121 cm³/mol. The van der Waals surface area contributed by atoms with Gasteiger partial charge in [-0.2, -0.15) is 6.08 Å². The van der Waals surface area contributed by atoms with Gasteiger partial charge in [0, 0.05) is 8.07 Å². The number of allylic oxidation sites excluding steroid dienone is 4. The first-order valence-corrected chi connectivity index (χ1v) is 16.0. The van der Waals surface area contributed by atoms with Crippen LogP contribution in [0.3, 0.4) is 0 Å². The Balaban J connectivity index is -0.000000336. The second-order valence-electron chi connectivity index (χ2n) is 7.75. The molecule has 0 radical (unpaired) electrons. The van der Waals surface area contributed by atoms with Gasteiger partial charge in [0.2, 0.25) is 0 Å². The molecule has 0 heterocycles. The van der Waals surface area contributed by atoms with Gasteiger partial charge in [-0.25, -0.2) is 11.3 Å². The van der Waals surface area contributed by atoms with Crippen LogP contribution in [0, 0.1) is 13.0 Å². The summed E-state index contributed by atoms with van der Waals surface area (Å²) in [5, 5.41) is 12.2. The molecule has 0 aliphatic heterocycles. The fraction of sp³-hybridized carbons (Fsp3) is 0.421. The Morgan fingerprint density at radius 1 is 0.960 bits per heavy atom. The first-order chi connectivity index (χ1) is 10.5. The van der Waals surface area contributed by atoms with E-state index in [1.165, 1.54) is 10.4 Å². The molecule has 1 aromatic rings. The van der Waals surface area contributed by atoms with Gasteiger partial charge in [0.1, 0.15) is 5.75 Å². The third-order valence-electron chi connectivity index (χ3n) is 3.43. The Morgan fingerprint density at radius 2 is 1.48 bits per heavy atom. The van der Waals surface area contributed by atoms with E-state index in [0.717, 1.165) is 12.0 Å². The second kappa shape index (κ2) is 13.3. The fourth-order valence-corrected chi connectivity index (χ4v) is 4.61. The second-order valence-corrected chi connectivity index (χ2v) is 17.9. The molecule has 0 spiro atoms. The summed E-state index contributed by atoms with van der Waals surface area (Å²) in [5.74, 6) is 0.396. The van der Waals surface area contributed by atoms with Gasteiger partial charge in [0.05, 0.1) is 8.07 Å². The summed E-state index contributed by atoms with van der Waals surface area (Å²) >= 11 is 1.75. The van der Waals surface area contributed by atoms with E-state index in [9.17, 15) is 5.11 Å². The summed E-state index contributed by atoms with van der Waals surface area (Å²) in [7, 11) is -2.26. The van der Waals surface area contributed by atoms with Crippen LogP contribution >= 0.6 is 24.8 Å². The molecule has 1 aliphatic carbocycles. The maximum absolute atomic E-state index is 9.38. The zero-order valence-electron chi connectivity index (χ0n) is 16.6. The third kappa shape index (κ3) is 12.2. The molecular weight excluding hydrogens is 419 g/mol. The van der Waals surface area contributed by atoms with Gasteiger partial charge in [-0.1, -0.05) is 50.5 Å². The standard InChI is InChI=1S/C10H16OSi.C8H13Si.CH2.2ClH.Ti/c1-8-5-9(11)7-10(6-8)12(2,3)4;1-9(2,3)8-6-4-5-7-8;;;;/h5-7,11H,1-4H3;4,6H,5H2,1-3H3;1H2;2*1H;/q;-1;;;;+1. The van der Waals surface area contributed by atoms with E-state index in [1.54, 1.807) is 26.0 Å². The molecule has 25 heavy (non-hydrogen) atoms. The summed E-state index contributed by atoms with van der Waals surface area (Å²) < 4.78 is 0. The molecule has 1 aromatic carbocycles. The van der Waals surface area contributed by atoms with Crippen LogP contribution in [0.2, 0.25) is 39.3 Å². The molecule has 141 valence electrons. The summed E-state index contributed by atoms with van der Waals surface area (Å²) in [6, 6.07) is 5.86. The number of phenolic OH excluding ortho intramolecular Hbond substituents is 1. The van der Waals surface area contributed by atoms with Crippen LogP contribution in [0.1, 0.15) is 12.0 Å². The molecule has 0 saturated carbocycles. The molecule has 0 fully saturated rings. The van der Waals surface area contributed by atoms with Crippen molar-refractivity contribution in [1.29, 1.82) is 0 Å². The van der Waals surface area contributed by atoms with Gasteiger partial charge >= 0.3 is 24.8 Å². The average Bonchev–Trinajstić information content (AvgIpc) is 2.93. The number of hydrogen-bond acceptors (Lipinski definition) is 1. The van der Waals surface area contributed by atoms with Gasteiger partial charge < -0.3 is 5.11 Å². The first kappa shape index (κ1) is 29.8. The van der Waals surface area contributed by atoms with Gasteiger partial charge in [-0.05, 0) is 24.6 Å². The van der Waals surface area contributed by atoms with Crippen molar-refractivity contribution >= 4 is 51.0 Å². The van der Waals surface area contributed by atoms with E-state index < -0.39 is 16.1 Å². The molecule has 1 N–H and O–H groups in total. The number of rotatable bonds is 2. The molecular formula is C19H33Cl2OSi2Ti. The van der Waals surface area contributed by atoms with Crippen LogP contribution in [0.4, 0.5) is 0 Å². The number of phenols is 1. The molecule has 1 aliphatic rings. The van der Waals surface area contributed by atoms with Crippen LogP contribution in [0.5, 0.6) is 5.75 Å². The van der Waals surface area contributed by atoms with Gasteiger partial charge in [-0.15, -0.1) is 31.2 Å². The van der Waals surface area contributed by atoms with Crippen molar-refractivity contribution < 1.29 is 25.1 Å². The number of benzene rings is 1.